The lowest BCUT2D eigenvalue weighted by Crippen LogP contribution is -2.54. The van der Waals surface area contributed by atoms with Crippen LogP contribution in [0.1, 0.15) is 20.3 Å². The van der Waals surface area contributed by atoms with Crippen LogP contribution >= 0.6 is 11.6 Å². The van der Waals surface area contributed by atoms with Crippen molar-refractivity contribution < 1.29 is 35.2 Å². The number of hydrogen-bond donors (Lipinski definition) is 4. The first-order valence-corrected chi connectivity index (χ1v) is 9.53. The van der Waals surface area contributed by atoms with Gasteiger partial charge >= 0.3 is 12.1 Å². The Bertz CT molecular complexity index is 796. The minimum absolute atomic E-state index is 0.0639. The van der Waals surface area contributed by atoms with Crippen molar-refractivity contribution in [2.75, 3.05) is 13.2 Å². The van der Waals surface area contributed by atoms with E-state index in [0.29, 0.717) is 5.56 Å². The van der Waals surface area contributed by atoms with Gasteiger partial charge in [0.05, 0.1) is 14.6 Å². The minimum atomic E-state index is -1.32. The summed E-state index contributed by atoms with van der Waals surface area (Å²) >= 11 is 5.79. The molecule has 1 heterocycles. The summed E-state index contributed by atoms with van der Waals surface area (Å²) in [7, 11) is 0. The number of esters is 1. The van der Waals surface area contributed by atoms with Crippen LogP contribution in [-0.2, 0) is 30.5 Å². The number of hydroxylamine groups is 1. The molecule has 0 saturated carbocycles. The van der Waals surface area contributed by atoms with Crippen molar-refractivity contribution in [3.63, 3.8) is 0 Å². The van der Waals surface area contributed by atoms with E-state index in [1.54, 1.807) is 37.3 Å². The molecule has 0 radical (unpaired) electrons. The first-order chi connectivity index (χ1) is 14.8. The number of amides is 2. The molecule has 0 aliphatic carbocycles. The molecule has 2 unspecified atom stereocenters. The zero-order chi connectivity index (χ0) is 22.8. The average molecular weight is 443 g/mol. The summed E-state index contributed by atoms with van der Waals surface area (Å²) in [5.74, 6) is -1.61. The Balaban J connectivity index is 2.05. The maximum atomic E-state index is 12.7. The lowest BCUT2D eigenvalue weighted by molar-refractivity contribution is -0.148. The van der Waals surface area contributed by atoms with E-state index in [0.717, 1.165) is 0 Å². The van der Waals surface area contributed by atoms with Gasteiger partial charge in [0.25, 0.3) is 0 Å². The maximum absolute atomic E-state index is 12.7. The van der Waals surface area contributed by atoms with Crippen LogP contribution in [0.4, 0.5) is 4.79 Å². The van der Waals surface area contributed by atoms with Crippen LogP contribution in [0, 0.1) is 0 Å². The Morgan fingerprint density at radius 2 is 2.00 bits per heavy atom. The van der Waals surface area contributed by atoms with E-state index in [-0.39, 0.29) is 18.2 Å². The third-order valence-corrected chi connectivity index (χ3v) is 4.09. The zero-order valence-corrected chi connectivity index (χ0v) is 16.9. The highest BCUT2D eigenvalue weighted by molar-refractivity contribution is 6.29. The number of benzene rings is 1. The average Bonchev–Trinajstić information content (AvgIpc) is 3.16. The summed E-state index contributed by atoms with van der Waals surface area (Å²) < 4.78 is 17.8. The fraction of sp³-hybridized carbons (Fsp3) is 0.421. The van der Waals surface area contributed by atoms with E-state index in [9.17, 15) is 19.5 Å². The Morgan fingerprint density at radius 3 is 2.60 bits per heavy atom. The maximum Gasteiger partial charge on any atom is 0.408 e. The number of aliphatic hydroxyl groups excluding tert-OH is 1. The number of halogens is 1. The van der Waals surface area contributed by atoms with Gasteiger partial charge in [-0.25, -0.2) is 9.59 Å². The van der Waals surface area contributed by atoms with E-state index >= 15 is 0 Å². The molecule has 4 N–H and O–H groups in total. The van der Waals surface area contributed by atoms with Crippen molar-refractivity contribution in [2.45, 2.75) is 38.1 Å². The molecular weight excluding hydrogens is 418 g/mol. The molecule has 164 valence electrons. The van der Waals surface area contributed by atoms with Gasteiger partial charge in [-0.1, -0.05) is 41.9 Å². The number of aliphatic hydroxyl groups is 1. The Kier molecular flexibility index (Phi) is 8.76. The van der Waals surface area contributed by atoms with Gasteiger partial charge in [-0.05, 0) is 18.6 Å². The SMILES string of the molecule is [2H]C(OC(=O)N[C@@H](CC1C=C(Cl)NO1)C(=O)N[C@@H](CO)C(=O)OCC)c1ccccc1. The van der Waals surface area contributed by atoms with Crippen molar-refractivity contribution >= 4 is 29.6 Å². The number of ether oxygens (including phenoxy) is 2. The summed E-state index contributed by atoms with van der Waals surface area (Å²) in [6.45, 7) is -0.362. The summed E-state index contributed by atoms with van der Waals surface area (Å²) in [4.78, 5) is 42.0. The first kappa shape index (κ1) is 21.9. The second-order valence-electron chi connectivity index (χ2n) is 6.14. The second-order valence-corrected chi connectivity index (χ2v) is 6.54. The molecule has 4 atom stereocenters. The first-order valence-electron chi connectivity index (χ1n) is 9.73. The van der Waals surface area contributed by atoms with Crippen molar-refractivity contribution in [3.05, 3.63) is 47.1 Å². The van der Waals surface area contributed by atoms with Gasteiger partial charge in [-0.3, -0.25) is 15.1 Å². The molecular formula is C19H24ClN3O7. The largest absolute Gasteiger partial charge is 0.464 e. The van der Waals surface area contributed by atoms with Crippen molar-refractivity contribution in [1.29, 1.82) is 0 Å². The van der Waals surface area contributed by atoms with Gasteiger partial charge in [0, 0.05) is 6.42 Å². The number of alkyl carbamates (subject to hydrolysis) is 1. The number of carbonyl (C=O) groups is 3. The van der Waals surface area contributed by atoms with Crippen LogP contribution in [-0.4, -0.2) is 54.5 Å². The van der Waals surface area contributed by atoms with E-state index in [1.165, 1.54) is 6.08 Å². The highest BCUT2D eigenvalue weighted by atomic mass is 35.5. The topological polar surface area (TPSA) is 135 Å². The molecule has 0 spiro atoms. The molecule has 0 fully saturated rings. The van der Waals surface area contributed by atoms with Crippen LogP contribution in [0.2, 0.25) is 0 Å². The summed E-state index contributed by atoms with van der Waals surface area (Å²) in [6.07, 6.45) is -0.276. The molecule has 1 aromatic rings. The minimum Gasteiger partial charge on any atom is -0.464 e. The van der Waals surface area contributed by atoms with E-state index in [4.69, 9.17) is 27.3 Å². The third kappa shape index (κ3) is 7.54. The Morgan fingerprint density at radius 1 is 1.27 bits per heavy atom. The quantitative estimate of drug-likeness (QED) is 0.307. The van der Waals surface area contributed by atoms with Gasteiger partial charge in [-0.2, -0.15) is 0 Å². The van der Waals surface area contributed by atoms with Gasteiger partial charge < -0.3 is 25.2 Å². The zero-order valence-electron chi connectivity index (χ0n) is 17.2. The molecule has 2 rings (SSSR count). The highest BCUT2D eigenvalue weighted by Gasteiger charge is 2.31. The molecule has 1 aromatic carbocycles. The van der Waals surface area contributed by atoms with Gasteiger partial charge in [0.15, 0.2) is 6.04 Å². The van der Waals surface area contributed by atoms with Crippen LogP contribution in [0.5, 0.6) is 0 Å². The van der Waals surface area contributed by atoms with Crippen LogP contribution in [0.25, 0.3) is 0 Å². The second kappa shape index (κ2) is 12.0. The Labute approximate surface area is 179 Å². The normalized spacial score (nSPS) is 18.7. The molecule has 1 aliphatic rings. The predicted octanol–water partition coefficient (Wildman–Crippen LogP) is 0.695. The fourth-order valence-electron chi connectivity index (χ4n) is 2.47. The van der Waals surface area contributed by atoms with Crippen LogP contribution < -0.4 is 16.1 Å². The van der Waals surface area contributed by atoms with Gasteiger partial charge in [0.1, 0.15) is 23.9 Å². The summed E-state index contributed by atoms with van der Waals surface area (Å²) in [5.41, 5.74) is 2.86. The molecule has 10 nitrogen and oxygen atoms in total. The van der Waals surface area contributed by atoms with Crippen molar-refractivity contribution in [1.82, 2.24) is 16.1 Å². The van der Waals surface area contributed by atoms with E-state index in [1.807, 2.05) is 0 Å². The monoisotopic (exact) mass is 442 g/mol. The highest BCUT2D eigenvalue weighted by Crippen LogP contribution is 2.15. The lowest BCUT2D eigenvalue weighted by Gasteiger charge is -2.22. The molecule has 1 aliphatic heterocycles. The molecule has 11 heteroatoms. The molecule has 2 amide bonds. The fourth-order valence-corrected chi connectivity index (χ4v) is 2.65. The standard InChI is InChI=1S/C19H24ClN3O7/c1-2-28-18(26)15(10-24)21-17(25)14(8-13-9-16(20)23-30-13)22-19(27)29-11-12-6-4-3-5-7-12/h3-7,9,13-15,23-24H,2,8,10-11H2,1H3,(H,21,25)(H,22,27)/t13?,14-,15-/m0/s1/i11D/t11?,13?,14-,15-. The molecule has 30 heavy (non-hydrogen) atoms. The number of hydrogen-bond acceptors (Lipinski definition) is 8. The van der Waals surface area contributed by atoms with Gasteiger partial charge in [-0.15, -0.1) is 0 Å². The van der Waals surface area contributed by atoms with Crippen LogP contribution in [0.15, 0.2) is 41.6 Å². The third-order valence-electron chi connectivity index (χ3n) is 3.89. The van der Waals surface area contributed by atoms with Crippen LogP contribution in [0.3, 0.4) is 0 Å². The van der Waals surface area contributed by atoms with Crippen molar-refractivity contribution in [3.8, 4) is 0 Å². The molecule has 0 bridgehead atoms. The number of rotatable bonds is 10. The molecule has 0 aromatic heterocycles. The summed E-state index contributed by atoms with van der Waals surface area (Å²) in [5, 5.41) is 14.3. The van der Waals surface area contributed by atoms with E-state index < -0.39 is 49.3 Å². The summed E-state index contributed by atoms with van der Waals surface area (Å²) in [6, 6.07) is 5.83. The van der Waals surface area contributed by atoms with Crippen molar-refractivity contribution in [2.24, 2.45) is 0 Å². The van der Waals surface area contributed by atoms with E-state index in [2.05, 4.69) is 16.1 Å². The predicted molar refractivity (Wildman–Crippen MR) is 106 cm³/mol. The lowest BCUT2D eigenvalue weighted by atomic mass is 10.1. The van der Waals surface area contributed by atoms with Gasteiger partial charge in [0.2, 0.25) is 5.91 Å². The smallest absolute Gasteiger partial charge is 0.408 e. The number of carbonyl (C=O) groups excluding carboxylic acids is 3. The molecule has 0 saturated heterocycles. The number of nitrogens with one attached hydrogen (secondary N) is 3. The Hall–Kier alpha value is -2.82.